The molecule has 10 heteroatoms. The van der Waals surface area contributed by atoms with Crippen molar-refractivity contribution in [1.29, 1.82) is 0 Å². The lowest BCUT2D eigenvalue weighted by Gasteiger charge is -2.18. The van der Waals surface area contributed by atoms with Crippen LogP contribution in [-0.4, -0.2) is 49.0 Å². The summed E-state index contributed by atoms with van der Waals surface area (Å²) >= 11 is 0. The third kappa shape index (κ3) is 4.78. The number of carbonyl (C=O) groups is 2. The number of nitrogens with zero attached hydrogens (tertiary/aromatic N) is 7. The number of aromatic nitrogens is 6. The predicted octanol–water partition coefficient (Wildman–Crippen LogP) is 1.16. The van der Waals surface area contributed by atoms with Crippen LogP contribution >= 0.6 is 0 Å². The summed E-state index contributed by atoms with van der Waals surface area (Å²) in [5, 5.41) is 16.3. The quantitative estimate of drug-likeness (QED) is 0.606. The Labute approximate surface area is 167 Å². The number of carbonyl (C=O) groups excluding carboxylic acids is 2. The number of primary amides is 1. The van der Waals surface area contributed by atoms with Gasteiger partial charge < -0.3 is 5.73 Å². The van der Waals surface area contributed by atoms with E-state index in [1.54, 1.807) is 42.3 Å². The van der Waals surface area contributed by atoms with Gasteiger partial charge in [-0.3, -0.25) is 19.5 Å². The fraction of sp³-hybridized carbons (Fsp3) is 0.316. The molecule has 2 N–H and O–H groups in total. The zero-order valence-corrected chi connectivity index (χ0v) is 16.3. The molecule has 3 aromatic heterocycles. The largest absolute Gasteiger partial charge is 0.364 e. The maximum atomic E-state index is 12.5. The van der Waals surface area contributed by atoms with Crippen LogP contribution in [0.4, 0.5) is 5.82 Å². The number of amides is 2. The SMILES string of the molecule is CCCC(c1ccc(N(C)C(=O)Cc2cccnc2)nn1)n1cc(C(N)=O)nn1. The highest BCUT2D eigenvalue weighted by Crippen LogP contribution is 2.22. The number of nitrogens with two attached hydrogens (primary N) is 1. The van der Waals surface area contributed by atoms with Crippen molar-refractivity contribution in [1.82, 2.24) is 30.2 Å². The normalized spacial score (nSPS) is 11.8. The third-order valence-corrected chi connectivity index (χ3v) is 4.45. The van der Waals surface area contributed by atoms with Gasteiger partial charge in [0.25, 0.3) is 5.91 Å². The van der Waals surface area contributed by atoms with Crippen LogP contribution < -0.4 is 10.6 Å². The van der Waals surface area contributed by atoms with E-state index in [4.69, 9.17) is 5.73 Å². The molecule has 1 unspecified atom stereocenters. The van der Waals surface area contributed by atoms with Crippen molar-refractivity contribution in [2.24, 2.45) is 5.73 Å². The summed E-state index contributed by atoms with van der Waals surface area (Å²) in [4.78, 5) is 29.2. The Balaban J connectivity index is 1.76. The van der Waals surface area contributed by atoms with Crippen molar-refractivity contribution in [2.75, 3.05) is 11.9 Å². The Bertz CT molecular complexity index is 971. The minimum absolute atomic E-state index is 0.0939. The second-order valence-electron chi connectivity index (χ2n) is 6.56. The Morgan fingerprint density at radius 1 is 1.21 bits per heavy atom. The Morgan fingerprint density at radius 3 is 2.62 bits per heavy atom. The first kappa shape index (κ1) is 20.1. The molecule has 3 heterocycles. The second-order valence-corrected chi connectivity index (χ2v) is 6.56. The molecule has 3 rings (SSSR count). The van der Waals surface area contributed by atoms with Crippen LogP contribution in [-0.2, 0) is 11.2 Å². The van der Waals surface area contributed by atoms with Gasteiger partial charge in [-0.2, -0.15) is 5.10 Å². The van der Waals surface area contributed by atoms with E-state index in [1.807, 2.05) is 13.0 Å². The Morgan fingerprint density at radius 2 is 2.03 bits per heavy atom. The molecule has 29 heavy (non-hydrogen) atoms. The van der Waals surface area contributed by atoms with Crippen LogP contribution in [0.5, 0.6) is 0 Å². The van der Waals surface area contributed by atoms with E-state index in [2.05, 4.69) is 25.5 Å². The summed E-state index contributed by atoms with van der Waals surface area (Å²) in [6, 6.07) is 6.93. The van der Waals surface area contributed by atoms with Crippen LogP contribution in [0.3, 0.4) is 0 Å². The van der Waals surface area contributed by atoms with Gasteiger partial charge in [-0.15, -0.1) is 10.2 Å². The molecule has 0 aliphatic rings. The smallest absolute Gasteiger partial charge is 0.270 e. The van der Waals surface area contributed by atoms with Gasteiger partial charge in [-0.1, -0.05) is 24.6 Å². The van der Waals surface area contributed by atoms with Crippen molar-refractivity contribution in [2.45, 2.75) is 32.2 Å². The molecule has 0 radical (unpaired) electrons. The number of rotatable bonds is 8. The van der Waals surface area contributed by atoms with Crippen molar-refractivity contribution in [3.8, 4) is 0 Å². The highest BCUT2D eigenvalue weighted by atomic mass is 16.2. The van der Waals surface area contributed by atoms with Crippen molar-refractivity contribution >= 4 is 17.6 Å². The summed E-state index contributed by atoms with van der Waals surface area (Å²) in [7, 11) is 1.66. The van der Waals surface area contributed by atoms with E-state index < -0.39 is 5.91 Å². The number of hydrogen-bond acceptors (Lipinski definition) is 7. The van der Waals surface area contributed by atoms with E-state index in [0.29, 0.717) is 11.5 Å². The van der Waals surface area contributed by atoms with Crippen LogP contribution in [0.1, 0.15) is 47.6 Å². The minimum Gasteiger partial charge on any atom is -0.364 e. The van der Waals surface area contributed by atoms with E-state index in [1.165, 1.54) is 11.1 Å². The van der Waals surface area contributed by atoms with Gasteiger partial charge in [-0.05, 0) is 30.2 Å². The lowest BCUT2D eigenvalue weighted by molar-refractivity contribution is -0.117. The molecule has 0 saturated carbocycles. The molecule has 10 nitrogen and oxygen atoms in total. The van der Waals surface area contributed by atoms with Gasteiger partial charge in [0, 0.05) is 19.4 Å². The van der Waals surface area contributed by atoms with Gasteiger partial charge in [0.15, 0.2) is 11.5 Å². The fourth-order valence-electron chi connectivity index (χ4n) is 2.85. The molecule has 3 aromatic rings. The molecule has 0 bridgehead atoms. The van der Waals surface area contributed by atoms with Crippen molar-refractivity contribution in [3.05, 3.63) is 59.8 Å². The molecule has 150 valence electrons. The zero-order valence-electron chi connectivity index (χ0n) is 16.3. The molecule has 2 amide bonds. The Kier molecular flexibility index (Phi) is 6.22. The lowest BCUT2D eigenvalue weighted by atomic mass is 10.1. The van der Waals surface area contributed by atoms with Crippen LogP contribution in [0.15, 0.2) is 42.9 Å². The van der Waals surface area contributed by atoms with Crippen LogP contribution in [0.25, 0.3) is 0 Å². The molecule has 0 saturated heterocycles. The summed E-state index contributed by atoms with van der Waals surface area (Å²) in [5.74, 6) is -0.316. The molecule has 0 aliphatic carbocycles. The summed E-state index contributed by atoms with van der Waals surface area (Å²) in [5.41, 5.74) is 6.83. The third-order valence-electron chi connectivity index (χ3n) is 4.45. The highest BCUT2D eigenvalue weighted by Gasteiger charge is 2.20. The molecule has 0 fully saturated rings. The number of pyridine rings is 1. The summed E-state index contributed by atoms with van der Waals surface area (Å²) < 4.78 is 1.56. The molecule has 0 aliphatic heterocycles. The van der Waals surface area contributed by atoms with Gasteiger partial charge >= 0.3 is 0 Å². The predicted molar refractivity (Wildman–Crippen MR) is 105 cm³/mol. The van der Waals surface area contributed by atoms with Gasteiger partial charge in [0.1, 0.15) is 0 Å². The van der Waals surface area contributed by atoms with Gasteiger partial charge in [0.2, 0.25) is 5.91 Å². The molecular weight excluding hydrogens is 372 g/mol. The van der Waals surface area contributed by atoms with Crippen LogP contribution in [0, 0.1) is 0 Å². The van der Waals surface area contributed by atoms with E-state index in [9.17, 15) is 9.59 Å². The van der Waals surface area contributed by atoms with E-state index in [-0.39, 0.29) is 24.1 Å². The van der Waals surface area contributed by atoms with Gasteiger partial charge in [-0.25, -0.2) is 4.68 Å². The number of anilines is 1. The fourth-order valence-corrected chi connectivity index (χ4v) is 2.85. The Hall–Kier alpha value is -3.69. The monoisotopic (exact) mass is 394 g/mol. The first-order valence-corrected chi connectivity index (χ1v) is 9.20. The molecule has 0 aromatic carbocycles. The van der Waals surface area contributed by atoms with Crippen molar-refractivity contribution in [3.63, 3.8) is 0 Å². The average molecular weight is 394 g/mol. The summed E-state index contributed by atoms with van der Waals surface area (Å²) in [6.07, 6.45) is 6.64. The topological polar surface area (TPSA) is 133 Å². The highest BCUT2D eigenvalue weighted by molar-refractivity contribution is 5.93. The van der Waals surface area contributed by atoms with Crippen molar-refractivity contribution < 1.29 is 9.59 Å². The lowest BCUT2D eigenvalue weighted by Crippen LogP contribution is -2.29. The minimum atomic E-state index is -0.637. The number of likely N-dealkylation sites (N-methyl/N-ethyl adjacent to an activating group) is 1. The van der Waals surface area contributed by atoms with Crippen LogP contribution in [0.2, 0.25) is 0 Å². The maximum absolute atomic E-state index is 12.5. The van der Waals surface area contributed by atoms with E-state index in [0.717, 1.165) is 18.4 Å². The first-order valence-electron chi connectivity index (χ1n) is 9.20. The molecule has 1 atom stereocenters. The zero-order chi connectivity index (χ0) is 20.8. The standard InChI is InChI=1S/C19H22N8O2/c1-3-5-16(27-12-15(19(20)29)23-25-27)14-7-8-17(24-22-14)26(2)18(28)10-13-6-4-9-21-11-13/h4,6-9,11-12,16H,3,5,10H2,1-2H3,(H2,20,29). The average Bonchev–Trinajstić information content (AvgIpc) is 3.22. The molecule has 0 spiro atoms. The van der Waals surface area contributed by atoms with Gasteiger partial charge in [0.05, 0.1) is 24.4 Å². The second kappa shape index (κ2) is 9.00. The number of hydrogen-bond donors (Lipinski definition) is 1. The first-order chi connectivity index (χ1) is 14.0. The molecular formula is C19H22N8O2. The van der Waals surface area contributed by atoms with E-state index >= 15 is 0 Å². The summed E-state index contributed by atoms with van der Waals surface area (Å²) in [6.45, 7) is 2.03. The maximum Gasteiger partial charge on any atom is 0.270 e.